The number of anilines is 1. The van der Waals surface area contributed by atoms with E-state index in [0.717, 1.165) is 11.3 Å². The van der Waals surface area contributed by atoms with Crippen molar-refractivity contribution in [1.82, 2.24) is 15.5 Å². The number of ether oxygens (including phenoxy) is 1. The van der Waals surface area contributed by atoms with Gasteiger partial charge in [0.25, 0.3) is 0 Å². The molecular formula is C15H18N4O3S. The van der Waals surface area contributed by atoms with E-state index in [-0.39, 0.29) is 11.8 Å². The number of benzene rings is 1. The number of amides is 2. The van der Waals surface area contributed by atoms with Crippen LogP contribution in [-0.4, -0.2) is 35.2 Å². The summed E-state index contributed by atoms with van der Waals surface area (Å²) in [5.41, 5.74) is 0.856. The molecule has 7 nitrogen and oxygen atoms in total. The summed E-state index contributed by atoms with van der Waals surface area (Å²) >= 11 is 1.25. The Morgan fingerprint density at radius 3 is 2.83 bits per heavy atom. The van der Waals surface area contributed by atoms with E-state index in [1.807, 2.05) is 24.3 Å². The monoisotopic (exact) mass is 334 g/mol. The van der Waals surface area contributed by atoms with Crippen LogP contribution in [0.3, 0.4) is 0 Å². The second-order valence-corrected chi connectivity index (χ2v) is 5.75. The van der Waals surface area contributed by atoms with E-state index in [0.29, 0.717) is 16.6 Å². The maximum atomic E-state index is 12.0. The van der Waals surface area contributed by atoms with Gasteiger partial charge >= 0.3 is 0 Å². The molecule has 0 aliphatic heterocycles. The van der Waals surface area contributed by atoms with Crippen LogP contribution >= 0.6 is 11.3 Å². The Bertz CT molecular complexity index is 702. The van der Waals surface area contributed by atoms with E-state index in [4.69, 9.17) is 4.74 Å². The molecule has 2 N–H and O–H groups in total. The van der Waals surface area contributed by atoms with Gasteiger partial charge in [-0.15, -0.1) is 10.2 Å². The van der Waals surface area contributed by atoms with Crippen LogP contribution < -0.4 is 15.4 Å². The molecule has 0 fully saturated rings. The number of hydrogen-bond donors (Lipinski definition) is 2. The third-order valence-corrected chi connectivity index (χ3v) is 3.95. The quantitative estimate of drug-likeness (QED) is 0.843. The number of nitrogens with one attached hydrogen (secondary N) is 2. The van der Waals surface area contributed by atoms with Gasteiger partial charge in [-0.05, 0) is 19.1 Å². The van der Waals surface area contributed by atoms with E-state index in [1.54, 1.807) is 21.0 Å². The smallest absolute Gasteiger partial charge is 0.248 e. The first-order chi connectivity index (χ1) is 11.0. The lowest BCUT2D eigenvalue weighted by molar-refractivity contribution is -0.125. The minimum absolute atomic E-state index is 0.179. The summed E-state index contributed by atoms with van der Waals surface area (Å²) < 4.78 is 5.17. The maximum absolute atomic E-state index is 12.0. The van der Waals surface area contributed by atoms with Crippen molar-refractivity contribution in [1.29, 1.82) is 0 Å². The fourth-order valence-corrected chi connectivity index (χ4v) is 2.51. The van der Waals surface area contributed by atoms with Crippen LogP contribution in [0.1, 0.15) is 20.3 Å². The molecule has 2 amide bonds. The number of hydrogen-bond acceptors (Lipinski definition) is 6. The lowest BCUT2D eigenvalue weighted by Gasteiger charge is -2.11. The van der Waals surface area contributed by atoms with Crippen molar-refractivity contribution in [2.75, 3.05) is 12.4 Å². The highest BCUT2D eigenvalue weighted by Gasteiger charge is 2.17. The van der Waals surface area contributed by atoms with Crippen molar-refractivity contribution in [3.8, 4) is 16.3 Å². The average Bonchev–Trinajstić information content (AvgIpc) is 3.03. The van der Waals surface area contributed by atoms with E-state index in [1.165, 1.54) is 11.3 Å². The van der Waals surface area contributed by atoms with E-state index < -0.39 is 6.04 Å². The Hall–Kier alpha value is -2.48. The van der Waals surface area contributed by atoms with Crippen LogP contribution in [0.4, 0.5) is 5.13 Å². The third kappa shape index (κ3) is 4.49. The largest absolute Gasteiger partial charge is 0.497 e. The fraction of sp³-hybridized carbons (Fsp3) is 0.333. The van der Waals surface area contributed by atoms with E-state index >= 15 is 0 Å². The van der Waals surface area contributed by atoms with Gasteiger partial charge in [0.15, 0.2) is 0 Å². The molecule has 0 aliphatic carbocycles. The molecule has 122 valence electrons. The summed E-state index contributed by atoms with van der Waals surface area (Å²) in [5.74, 6) is 0.210. The van der Waals surface area contributed by atoms with Crippen molar-refractivity contribution in [2.24, 2.45) is 0 Å². The molecule has 2 aromatic rings. The van der Waals surface area contributed by atoms with Crippen LogP contribution in [0, 0.1) is 0 Å². The van der Waals surface area contributed by atoms with Crippen molar-refractivity contribution < 1.29 is 14.3 Å². The van der Waals surface area contributed by atoms with Gasteiger partial charge in [-0.2, -0.15) is 0 Å². The first kappa shape index (κ1) is 16.9. The molecule has 23 heavy (non-hydrogen) atoms. The van der Waals surface area contributed by atoms with Crippen LogP contribution in [0.15, 0.2) is 24.3 Å². The summed E-state index contributed by atoms with van der Waals surface area (Å²) in [7, 11) is 1.59. The SMILES string of the molecule is CCC(=O)N[C@@H](C)C(=O)Nc1nnc(-c2cccc(OC)c2)s1. The average molecular weight is 334 g/mol. The maximum Gasteiger partial charge on any atom is 0.248 e. The Kier molecular flexibility index (Phi) is 5.64. The highest BCUT2D eigenvalue weighted by Crippen LogP contribution is 2.28. The second kappa shape index (κ2) is 7.68. The first-order valence-corrected chi connectivity index (χ1v) is 7.93. The molecule has 0 aliphatic rings. The van der Waals surface area contributed by atoms with Gasteiger partial charge in [0, 0.05) is 12.0 Å². The Balaban J connectivity index is 2.04. The number of nitrogens with zero attached hydrogens (tertiary/aromatic N) is 2. The van der Waals surface area contributed by atoms with Gasteiger partial charge in [0.1, 0.15) is 16.8 Å². The van der Waals surface area contributed by atoms with Gasteiger partial charge in [-0.3, -0.25) is 14.9 Å². The number of rotatable bonds is 6. The molecule has 0 radical (unpaired) electrons. The fourth-order valence-electron chi connectivity index (χ4n) is 1.77. The lowest BCUT2D eigenvalue weighted by atomic mass is 10.2. The van der Waals surface area contributed by atoms with E-state index in [2.05, 4.69) is 20.8 Å². The van der Waals surface area contributed by atoms with Gasteiger partial charge in [-0.1, -0.05) is 30.4 Å². The number of methoxy groups -OCH3 is 1. The highest BCUT2D eigenvalue weighted by molar-refractivity contribution is 7.18. The minimum Gasteiger partial charge on any atom is -0.497 e. The van der Waals surface area contributed by atoms with Gasteiger partial charge in [0.05, 0.1) is 7.11 Å². The zero-order valence-electron chi connectivity index (χ0n) is 13.1. The number of carbonyl (C=O) groups excluding carboxylic acids is 2. The minimum atomic E-state index is -0.633. The zero-order chi connectivity index (χ0) is 16.8. The molecule has 0 saturated heterocycles. The van der Waals surface area contributed by atoms with Crippen molar-refractivity contribution in [2.45, 2.75) is 26.3 Å². The summed E-state index contributed by atoms with van der Waals surface area (Å²) in [6, 6.07) is 6.79. The lowest BCUT2D eigenvalue weighted by Crippen LogP contribution is -2.41. The third-order valence-electron chi connectivity index (χ3n) is 3.06. The molecule has 1 heterocycles. The van der Waals surface area contributed by atoms with Crippen molar-refractivity contribution in [3.63, 3.8) is 0 Å². The molecule has 1 aromatic carbocycles. The molecule has 0 spiro atoms. The van der Waals surface area contributed by atoms with Crippen LogP contribution in [0.25, 0.3) is 10.6 Å². The van der Waals surface area contributed by atoms with Crippen molar-refractivity contribution in [3.05, 3.63) is 24.3 Å². The highest BCUT2D eigenvalue weighted by atomic mass is 32.1. The van der Waals surface area contributed by atoms with E-state index in [9.17, 15) is 9.59 Å². The van der Waals surface area contributed by atoms with Crippen molar-refractivity contribution >= 4 is 28.3 Å². The van der Waals surface area contributed by atoms with Crippen LogP contribution in [0.2, 0.25) is 0 Å². The molecular weight excluding hydrogens is 316 g/mol. The molecule has 1 aromatic heterocycles. The Labute approximate surface area is 138 Å². The standard InChI is InChI=1S/C15H18N4O3S/c1-4-12(20)16-9(2)13(21)17-15-19-18-14(23-15)10-6-5-7-11(8-10)22-3/h5-9H,4H2,1-3H3,(H,16,20)(H,17,19,21)/t9-/m0/s1. The Morgan fingerprint density at radius 1 is 1.35 bits per heavy atom. The molecule has 0 bridgehead atoms. The number of aromatic nitrogens is 2. The Morgan fingerprint density at radius 2 is 2.13 bits per heavy atom. The number of carbonyl (C=O) groups is 2. The topological polar surface area (TPSA) is 93.2 Å². The normalized spacial score (nSPS) is 11.6. The van der Waals surface area contributed by atoms with Gasteiger partial charge < -0.3 is 10.1 Å². The first-order valence-electron chi connectivity index (χ1n) is 7.11. The van der Waals surface area contributed by atoms with Gasteiger partial charge in [0.2, 0.25) is 16.9 Å². The zero-order valence-corrected chi connectivity index (χ0v) is 13.9. The molecule has 8 heteroatoms. The summed E-state index contributed by atoms with van der Waals surface area (Å²) in [4.78, 5) is 23.3. The molecule has 0 unspecified atom stereocenters. The predicted octanol–water partition coefficient (Wildman–Crippen LogP) is 2.07. The van der Waals surface area contributed by atoms with Crippen LogP contribution in [-0.2, 0) is 9.59 Å². The summed E-state index contributed by atoms with van der Waals surface area (Å²) in [6.07, 6.45) is 0.330. The predicted molar refractivity (Wildman–Crippen MR) is 88.4 cm³/mol. The van der Waals surface area contributed by atoms with Crippen LogP contribution in [0.5, 0.6) is 5.75 Å². The van der Waals surface area contributed by atoms with Gasteiger partial charge in [-0.25, -0.2) is 0 Å². The summed E-state index contributed by atoms with van der Waals surface area (Å²) in [5, 5.41) is 14.3. The summed E-state index contributed by atoms with van der Waals surface area (Å²) in [6.45, 7) is 3.35. The molecule has 0 saturated carbocycles. The molecule has 2 rings (SSSR count). The second-order valence-electron chi connectivity index (χ2n) is 4.78. The molecule has 1 atom stereocenters.